The zero-order valence-corrected chi connectivity index (χ0v) is 12.0. The molecule has 1 aromatic carbocycles. The minimum atomic E-state index is 0.468. The van der Waals surface area contributed by atoms with E-state index in [1.165, 1.54) is 5.56 Å². The molecule has 0 fully saturated rings. The van der Waals surface area contributed by atoms with Crippen molar-refractivity contribution in [3.63, 3.8) is 0 Å². The lowest BCUT2D eigenvalue weighted by Gasteiger charge is -2.13. The van der Waals surface area contributed by atoms with Crippen molar-refractivity contribution in [2.45, 2.75) is 32.9 Å². The molecule has 1 N–H and O–H groups in total. The lowest BCUT2D eigenvalue weighted by Crippen LogP contribution is -2.22. The normalized spacial score (nSPS) is 10.7. The topological polar surface area (TPSA) is 30.5 Å². The van der Waals surface area contributed by atoms with Crippen molar-refractivity contribution in [3.05, 3.63) is 42.5 Å². The lowest BCUT2D eigenvalue weighted by molar-refractivity contribution is 0.103. The minimum absolute atomic E-state index is 0.468. The van der Waals surface area contributed by atoms with Gasteiger partial charge in [-0.15, -0.1) is 6.58 Å². The molecule has 0 aliphatic carbocycles. The summed E-state index contributed by atoms with van der Waals surface area (Å²) in [7, 11) is 0. The third kappa shape index (κ3) is 6.99. The number of hydrogen-bond donors (Lipinski definition) is 1. The Hall–Kier alpha value is -1.32. The zero-order valence-electron chi connectivity index (χ0n) is 12.0. The van der Waals surface area contributed by atoms with Crippen molar-refractivity contribution in [2.75, 3.05) is 19.8 Å². The van der Waals surface area contributed by atoms with Crippen LogP contribution in [0.15, 0.2) is 36.9 Å². The number of ether oxygens (including phenoxy) is 2. The van der Waals surface area contributed by atoms with Crippen molar-refractivity contribution in [2.24, 2.45) is 0 Å². The first-order valence-electron chi connectivity index (χ1n) is 6.86. The maximum atomic E-state index is 5.76. The largest absolute Gasteiger partial charge is 0.491 e. The Kier molecular flexibility index (Phi) is 7.94. The fraction of sp³-hybridized carbons (Fsp3) is 0.500. The van der Waals surface area contributed by atoms with Crippen LogP contribution in [0.25, 0.3) is 0 Å². The Morgan fingerprint density at radius 1 is 1.21 bits per heavy atom. The first-order valence-corrected chi connectivity index (χ1v) is 6.86. The Balaban J connectivity index is 2.33. The fourth-order valence-corrected chi connectivity index (χ4v) is 1.58. The molecule has 0 radical (unpaired) electrons. The van der Waals surface area contributed by atoms with Gasteiger partial charge in [-0.2, -0.15) is 0 Å². The summed E-state index contributed by atoms with van der Waals surface area (Å²) in [5.41, 5.74) is 1.18. The highest BCUT2D eigenvalue weighted by atomic mass is 16.5. The van der Waals surface area contributed by atoms with Gasteiger partial charge in [-0.25, -0.2) is 0 Å². The number of benzene rings is 1. The number of nitrogens with one attached hydrogen (secondary N) is 1. The molecule has 3 nitrogen and oxygen atoms in total. The maximum absolute atomic E-state index is 5.76. The molecular formula is C16H25NO2. The van der Waals surface area contributed by atoms with Crippen LogP contribution >= 0.6 is 0 Å². The molecule has 1 rings (SSSR count). The van der Waals surface area contributed by atoms with Gasteiger partial charge in [-0.05, 0) is 12.5 Å². The smallest absolute Gasteiger partial charge is 0.123 e. The third-order valence-corrected chi connectivity index (χ3v) is 2.62. The van der Waals surface area contributed by atoms with Crippen LogP contribution in [0.1, 0.15) is 25.8 Å². The van der Waals surface area contributed by atoms with Crippen molar-refractivity contribution in [1.82, 2.24) is 5.32 Å². The minimum Gasteiger partial charge on any atom is -0.491 e. The van der Waals surface area contributed by atoms with Crippen molar-refractivity contribution in [3.8, 4) is 5.75 Å². The molecule has 0 saturated carbocycles. The highest BCUT2D eigenvalue weighted by Crippen LogP contribution is 2.17. The Morgan fingerprint density at radius 3 is 2.74 bits per heavy atom. The summed E-state index contributed by atoms with van der Waals surface area (Å²) >= 11 is 0. The van der Waals surface area contributed by atoms with Gasteiger partial charge < -0.3 is 14.8 Å². The summed E-state index contributed by atoms with van der Waals surface area (Å²) < 4.78 is 11.2. The molecule has 0 spiro atoms. The van der Waals surface area contributed by atoms with Crippen LogP contribution in [0.5, 0.6) is 5.75 Å². The fourth-order valence-electron chi connectivity index (χ4n) is 1.58. The summed E-state index contributed by atoms with van der Waals surface area (Å²) in [6.07, 6.45) is 2.74. The molecule has 3 heteroatoms. The summed E-state index contributed by atoms with van der Waals surface area (Å²) in [6.45, 7) is 10.7. The van der Waals surface area contributed by atoms with E-state index in [1.54, 1.807) is 0 Å². The summed E-state index contributed by atoms with van der Waals surface area (Å²) in [6, 6.07) is 8.58. The highest BCUT2D eigenvalue weighted by Gasteiger charge is 2.03. The molecule has 0 unspecified atom stereocenters. The van der Waals surface area contributed by atoms with Crippen LogP contribution in [-0.2, 0) is 11.3 Å². The zero-order chi connectivity index (χ0) is 13.9. The first-order chi connectivity index (χ1) is 9.24. The van der Waals surface area contributed by atoms with E-state index in [4.69, 9.17) is 9.47 Å². The van der Waals surface area contributed by atoms with E-state index >= 15 is 0 Å². The molecule has 0 aliphatic heterocycles. The van der Waals surface area contributed by atoms with Crippen molar-refractivity contribution in [1.29, 1.82) is 0 Å². The molecular weight excluding hydrogens is 238 g/mol. The third-order valence-electron chi connectivity index (χ3n) is 2.62. The van der Waals surface area contributed by atoms with E-state index in [0.717, 1.165) is 18.7 Å². The average Bonchev–Trinajstić information content (AvgIpc) is 2.41. The predicted molar refractivity (Wildman–Crippen MR) is 79.5 cm³/mol. The van der Waals surface area contributed by atoms with Gasteiger partial charge in [0.05, 0.1) is 13.2 Å². The number of hydrogen-bond acceptors (Lipinski definition) is 3. The van der Waals surface area contributed by atoms with Gasteiger partial charge >= 0.3 is 0 Å². The Bertz CT molecular complexity index is 364. The molecule has 0 amide bonds. The number of rotatable bonds is 10. The monoisotopic (exact) mass is 263 g/mol. The molecule has 0 aliphatic rings. The van der Waals surface area contributed by atoms with Gasteiger partial charge in [0.15, 0.2) is 0 Å². The van der Waals surface area contributed by atoms with E-state index < -0.39 is 0 Å². The highest BCUT2D eigenvalue weighted by molar-refractivity contribution is 5.33. The van der Waals surface area contributed by atoms with Gasteiger partial charge in [0.1, 0.15) is 12.4 Å². The van der Waals surface area contributed by atoms with E-state index in [-0.39, 0.29) is 0 Å². The lowest BCUT2D eigenvalue weighted by atomic mass is 10.2. The molecule has 0 atom stereocenters. The quantitative estimate of drug-likeness (QED) is 0.519. The second-order valence-electron chi connectivity index (χ2n) is 4.68. The summed E-state index contributed by atoms with van der Waals surface area (Å²) in [5, 5.41) is 3.40. The van der Waals surface area contributed by atoms with E-state index in [9.17, 15) is 0 Å². The Labute approximate surface area is 116 Å². The maximum Gasteiger partial charge on any atom is 0.123 e. The van der Waals surface area contributed by atoms with Crippen LogP contribution in [-0.4, -0.2) is 25.9 Å². The Morgan fingerprint density at radius 2 is 2.00 bits per heavy atom. The second-order valence-corrected chi connectivity index (χ2v) is 4.68. The van der Waals surface area contributed by atoms with Crippen LogP contribution < -0.4 is 10.1 Å². The van der Waals surface area contributed by atoms with Crippen molar-refractivity contribution < 1.29 is 9.47 Å². The molecule has 106 valence electrons. The van der Waals surface area contributed by atoms with Gasteiger partial charge in [-0.3, -0.25) is 0 Å². The van der Waals surface area contributed by atoms with Crippen LogP contribution in [0, 0.1) is 0 Å². The van der Waals surface area contributed by atoms with Crippen molar-refractivity contribution >= 4 is 0 Å². The molecule has 1 aromatic rings. The van der Waals surface area contributed by atoms with Gasteiger partial charge in [0, 0.05) is 18.2 Å². The molecule has 0 bridgehead atoms. The first kappa shape index (κ1) is 15.7. The van der Waals surface area contributed by atoms with E-state index in [2.05, 4.69) is 31.8 Å². The van der Waals surface area contributed by atoms with E-state index in [0.29, 0.717) is 25.9 Å². The predicted octanol–water partition coefficient (Wildman–Crippen LogP) is 3.16. The van der Waals surface area contributed by atoms with Gasteiger partial charge in [-0.1, -0.05) is 38.1 Å². The van der Waals surface area contributed by atoms with Crippen LogP contribution in [0.3, 0.4) is 0 Å². The summed E-state index contributed by atoms with van der Waals surface area (Å²) in [5.74, 6) is 0.933. The molecule has 19 heavy (non-hydrogen) atoms. The average molecular weight is 263 g/mol. The molecule has 0 heterocycles. The molecule has 0 saturated heterocycles. The van der Waals surface area contributed by atoms with Crippen LogP contribution in [0.4, 0.5) is 0 Å². The summed E-state index contributed by atoms with van der Waals surface area (Å²) in [4.78, 5) is 0. The van der Waals surface area contributed by atoms with Gasteiger partial charge in [0.2, 0.25) is 0 Å². The second kappa shape index (κ2) is 9.59. The SMILES string of the molecule is C=CCCOCCOc1ccccc1CNC(C)C. The van der Waals surface area contributed by atoms with E-state index in [1.807, 2.05) is 24.3 Å². The van der Waals surface area contributed by atoms with Gasteiger partial charge in [0.25, 0.3) is 0 Å². The number of para-hydroxylation sites is 1. The standard InChI is InChI=1S/C16H25NO2/c1-4-5-10-18-11-12-19-16-9-7-6-8-15(16)13-17-14(2)3/h4,6-9,14,17H,1,5,10-13H2,2-3H3. The van der Waals surface area contributed by atoms with Crippen LogP contribution in [0.2, 0.25) is 0 Å². The molecule has 0 aromatic heterocycles.